The number of ether oxygens (including phenoxy) is 1. The average Bonchev–Trinajstić information content (AvgIpc) is 2.58. The molecule has 25 heavy (non-hydrogen) atoms. The second kappa shape index (κ2) is 7.46. The summed E-state index contributed by atoms with van der Waals surface area (Å²) >= 11 is 1.88. The van der Waals surface area contributed by atoms with Crippen molar-refractivity contribution in [1.29, 1.82) is 0 Å². The van der Waals surface area contributed by atoms with Crippen molar-refractivity contribution in [2.45, 2.75) is 65.0 Å². The summed E-state index contributed by atoms with van der Waals surface area (Å²) in [6, 6.07) is 17.6. The Morgan fingerprint density at radius 3 is 2.12 bits per heavy atom. The van der Waals surface area contributed by atoms with E-state index in [1.807, 2.05) is 25.6 Å². The number of rotatable bonds is 4. The summed E-state index contributed by atoms with van der Waals surface area (Å²) in [7, 11) is -0.0126. The van der Waals surface area contributed by atoms with Crippen LogP contribution in [0.2, 0.25) is 0 Å². The van der Waals surface area contributed by atoms with E-state index in [1.54, 1.807) is 0 Å². The lowest BCUT2D eigenvalue weighted by molar-refractivity contribution is 0.315. The lowest BCUT2D eigenvalue weighted by Gasteiger charge is -2.30. The van der Waals surface area contributed by atoms with Gasteiger partial charge in [-0.25, -0.2) is 4.99 Å². The predicted molar refractivity (Wildman–Crippen MR) is 109 cm³/mol. The molecule has 0 saturated heterocycles. The van der Waals surface area contributed by atoms with Crippen LogP contribution in [0.4, 0.5) is 0 Å². The fourth-order valence-electron chi connectivity index (χ4n) is 3.08. The molecule has 1 unspecified atom stereocenters. The van der Waals surface area contributed by atoms with Crippen molar-refractivity contribution >= 4 is 28.6 Å². The smallest absolute Gasteiger partial charge is 0.180 e. The lowest BCUT2D eigenvalue weighted by Crippen LogP contribution is -2.40. The highest BCUT2D eigenvalue weighted by molar-refractivity contribution is 8.04. The standard InChI is InChI=1S/C21H26NOS2/c1-6-23-16(3)22-21(4,5)15(2)25-19-13-9-7-11-17(19)24-18-12-8-10-14-20(18)25/h7-15H,6H2,1-5H3/q+1. The first-order valence-corrected chi connectivity index (χ1v) is 10.8. The summed E-state index contributed by atoms with van der Waals surface area (Å²) in [5, 5.41) is 0.367. The zero-order valence-corrected chi connectivity index (χ0v) is 17.2. The van der Waals surface area contributed by atoms with E-state index in [4.69, 9.17) is 9.73 Å². The van der Waals surface area contributed by atoms with Gasteiger partial charge in [0.2, 0.25) is 0 Å². The summed E-state index contributed by atoms with van der Waals surface area (Å²) < 4.78 is 5.60. The van der Waals surface area contributed by atoms with Crippen LogP contribution >= 0.6 is 11.8 Å². The number of hydrogen-bond donors (Lipinski definition) is 0. The number of aliphatic imine (C=N–C) groups is 1. The van der Waals surface area contributed by atoms with Crippen molar-refractivity contribution in [3.63, 3.8) is 0 Å². The maximum Gasteiger partial charge on any atom is 0.180 e. The zero-order valence-electron chi connectivity index (χ0n) is 15.6. The first-order chi connectivity index (χ1) is 11.9. The largest absolute Gasteiger partial charge is 0.481 e. The maximum atomic E-state index is 5.60. The lowest BCUT2D eigenvalue weighted by atomic mass is 10.0. The molecule has 4 heteroatoms. The van der Waals surface area contributed by atoms with Crippen LogP contribution in [-0.4, -0.2) is 23.3 Å². The van der Waals surface area contributed by atoms with Crippen molar-refractivity contribution in [3.8, 4) is 0 Å². The Hall–Kier alpha value is -1.39. The average molecular weight is 373 g/mol. The molecule has 0 fully saturated rings. The normalized spacial score (nSPS) is 16.1. The molecule has 1 aliphatic heterocycles. The van der Waals surface area contributed by atoms with E-state index >= 15 is 0 Å². The van der Waals surface area contributed by atoms with Crippen LogP contribution in [0, 0.1) is 0 Å². The van der Waals surface area contributed by atoms with E-state index < -0.39 is 0 Å². The van der Waals surface area contributed by atoms with Gasteiger partial charge >= 0.3 is 0 Å². The molecule has 0 aromatic heterocycles. The van der Waals surface area contributed by atoms with Crippen molar-refractivity contribution < 1.29 is 4.74 Å². The Bertz CT molecular complexity index is 739. The molecule has 0 spiro atoms. The summed E-state index contributed by atoms with van der Waals surface area (Å²) in [4.78, 5) is 10.5. The molecule has 1 aliphatic rings. The molecule has 0 N–H and O–H groups in total. The van der Waals surface area contributed by atoms with E-state index in [1.165, 1.54) is 19.6 Å². The topological polar surface area (TPSA) is 21.6 Å². The Kier molecular flexibility index (Phi) is 5.49. The maximum absolute atomic E-state index is 5.60. The predicted octanol–water partition coefficient (Wildman–Crippen LogP) is 5.81. The highest BCUT2D eigenvalue weighted by atomic mass is 32.2. The SMILES string of the molecule is CCOC(C)=NC(C)(C)C(C)[S+]1c2ccccc2Sc2ccccc21. The van der Waals surface area contributed by atoms with Crippen molar-refractivity contribution in [2.75, 3.05) is 6.61 Å². The van der Waals surface area contributed by atoms with Gasteiger partial charge in [-0.05, 0) is 52.0 Å². The second-order valence-electron chi connectivity index (χ2n) is 6.69. The number of hydrogen-bond acceptors (Lipinski definition) is 3. The van der Waals surface area contributed by atoms with Crippen molar-refractivity contribution in [3.05, 3.63) is 48.5 Å². The van der Waals surface area contributed by atoms with Crippen LogP contribution in [0.15, 0.2) is 73.1 Å². The van der Waals surface area contributed by atoms with Gasteiger partial charge in [-0.1, -0.05) is 36.0 Å². The fourth-order valence-corrected chi connectivity index (χ4v) is 7.38. The molecule has 1 atom stereocenters. The minimum absolute atomic E-state index is 0.0126. The molecule has 0 saturated carbocycles. The number of nitrogens with zero attached hydrogens (tertiary/aromatic N) is 1. The van der Waals surface area contributed by atoms with Gasteiger partial charge in [0.25, 0.3) is 0 Å². The van der Waals surface area contributed by atoms with Crippen LogP contribution < -0.4 is 0 Å². The van der Waals surface area contributed by atoms with Gasteiger partial charge in [0.15, 0.2) is 20.9 Å². The monoisotopic (exact) mass is 372 g/mol. The molecular formula is C21H26NOS2+. The third-order valence-electron chi connectivity index (χ3n) is 4.54. The van der Waals surface area contributed by atoms with Crippen LogP contribution in [0.1, 0.15) is 34.6 Å². The summed E-state index contributed by atoms with van der Waals surface area (Å²) in [5.41, 5.74) is -0.204. The quantitative estimate of drug-likeness (QED) is 0.384. The van der Waals surface area contributed by atoms with E-state index in [2.05, 4.69) is 69.3 Å². The summed E-state index contributed by atoms with van der Waals surface area (Å²) in [6.45, 7) is 11.4. The van der Waals surface area contributed by atoms with Crippen molar-refractivity contribution in [1.82, 2.24) is 0 Å². The van der Waals surface area contributed by atoms with Crippen LogP contribution in [-0.2, 0) is 15.6 Å². The summed E-state index contributed by atoms with van der Waals surface area (Å²) in [6.07, 6.45) is 0. The van der Waals surface area contributed by atoms with Gasteiger partial charge in [-0.15, -0.1) is 0 Å². The Morgan fingerprint density at radius 1 is 1.08 bits per heavy atom. The number of fused-ring (bicyclic) bond motifs is 2. The van der Waals surface area contributed by atoms with Crippen LogP contribution in [0.5, 0.6) is 0 Å². The highest BCUT2D eigenvalue weighted by Crippen LogP contribution is 2.48. The van der Waals surface area contributed by atoms with Gasteiger partial charge in [-0.2, -0.15) is 0 Å². The van der Waals surface area contributed by atoms with Gasteiger partial charge in [0.05, 0.1) is 27.3 Å². The molecule has 2 aromatic rings. The third kappa shape index (κ3) is 3.75. The third-order valence-corrected chi connectivity index (χ3v) is 8.89. The van der Waals surface area contributed by atoms with Gasteiger partial charge in [0, 0.05) is 6.92 Å². The minimum atomic E-state index is -0.204. The van der Waals surface area contributed by atoms with Crippen molar-refractivity contribution in [2.24, 2.45) is 4.99 Å². The Labute approximate surface area is 158 Å². The minimum Gasteiger partial charge on any atom is -0.481 e. The molecule has 0 aliphatic carbocycles. The number of benzene rings is 2. The fraction of sp³-hybridized carbons (Fsp3) is 0.381. The molecule has 0 amide bonds. The van der Waals surface area contributed by atoms with E-state index in [-0.39, 0.29) is 16.4 Å². The molecular weight excluding hydrogens is 346 g/mol. The molecule has 3 rings (SSSR count). The molecule has 2 aromatic carbocycles. The Morgan fingerprint density at radius 2 is 1.60 bits per heavy atom. The molecule has 2 nitrogen and oxygen atoms in total. The molecule has 132 valence electrons. The van der Waals surface area contributed by atoms with Gasteiger partial charge in [-0.3, -0.25) is 0 Å². The van der Waals surface area contributed by atoms with Gasteiger partial charge in [0.1, 0.15) is 5.54 Å². The Balaban J connectivity index is 2.05. The summed E-state index contributed by atoms with van der Waals surface area (Å²) in [5.74, 6) is 0.774. The molecule has 0 radical (unpaired) electrons. The van der Waals surface area contributed by atoms with Gasteiger partial charge < -0.3 is 4.74 Å². The van der Waals surface area contributed by atoms with E-state index in [9.17, 15) is 0 Å². The van der Waals surface area contributed by atoms with Crippen LogP contribution in [0.25, 0.3) is 0 Å². The van der Waals surface area contributed by atoms with Crippen LogP contribution in [0.3, 0.4) is 0 Å². The first kappa shape index (κ1) is 18.4. The zero-order chi connectivity index (χ0) is 18.0. The first-order valence-electron chi connectivity index (χ1n) is 8.72. The second-order valence-corrected chi connectivity index (χ2v) is 10.0. The van der Waals surface area contributed by atoms with E-state index in [0.29, 0.717) is 11.9 Å². The molecule has 1 heterocycles. The molecule has 0 bridgehead atoms. The highest BCUT2D eigenvalue weighted by Gasteiger charge is 2.47. The van der Waals surface area contributed by atoms with E-state index in [0.717, 1.165) is 5.90 Å².